The number of rotatable bonds is 11. The van der Waals surface area contributed by atoms with Crippen molar-refractivity contribution in [3.8, 4) is 12.1 Å². The van der Waals surface area contributed by atoms with E-state index in [1.165, 1.54) is 84.9 Å². The molecule has 0 spiro atoms. The number of nitriles is 2. The standard InChI is InChI=1S/C35H24N8O9S4/c1-20-29(19-37)30(38-23-5-10-26(11-6-23)54(44,45)46)17-31(39-24-7-12-27(13-8-24)55(47,48)49)34(20)42-43-35-22(18-36)16-33(53-35)41-40-25-9-14-28-21(15-25)3-2-4-32(28)56(50,51)52/h2-17,38-39H,1H3,(H,44,45,46)(H,47,48,49)(H,50,51,52). The fourth-order valence-corrected chi connectivity index (χ4v) is 7.74. The van der Waals surface area contributed by atoms with Crippen LogP contribution in [0, 0.1) is 29.6 Å². The van der Waals surface area contributed by atoms with Gasteiger partial charge in [-0.25, -0.2) is 0 Å². The molecule has 0 atom stereocenters. The van der Waals surface area contributed by atoms with Crippen LogP contribution < -0.4 is 10.6 Å². The first-order valence-electron chi connectivity index (χ1n) is 15.6. The van der Waals surface area contributed by atoms with Gasteiger partial charge in [0.05, 0.1) is 38.0 Å². The number of hydrogen-bond donors (Lipinski definition) is 5. The van der Waals surface area contributed by atoms with E-state index in [2.05, 4.69) is 37.2 Å². The number of nitrogens with one attached hydrogen (secondary N) is 2. The Kier molecular flexibility index (Phi) is 10.8. The number of fused-ring (bicyclic) bond motifs is 1. The van der Waals surface area contributed by atoms with E-state index < -0.39 is 30.4 Å². The molecular formula is C35H24N8O9S4. The summed E-state index contributed by atoms with van der Waals surface area (Å²) in [4.78, 5) is -0.946. The molecule has 0 radical (unpaired) electrons. The van der Waals surface area contributed by atoms with Crippen molar-refractivity contribution in [3.05, 3.63) is 114 Å². The zero-order valence-electron chi connectivity index (χ0n) is 28.3. The summed E-state index contributed by atoms with van der Waals surface area (Å²) in [5.74, 6) is 0. The molecule has 0 aliphatic rings. The zero-order valence-corrected chi connectivity index (χ0v) is 31.6. The zero-order chi connectivity index (χ0) is 40.4. The van der Waals surface area contributed by atoms with Crippen molar-refractivity contribution in [2.24, 2.45) is 20.5 Å². The monoisotopic (exact) mass is 828 g/mol. The second-order valence-corrected chi connectivity index (χ2v) is 16.9. The highest BCUT2D eigenvalue weighted by Crippen LogP contribution is 2.43. The van der Waals surface area contributed by atoms with E-state index in [0.29, 0.717) is 28.0 Å². The number of benzene rings is 5. The van der Waals surface area contributed by atoms with Crippen LogP contribution in [0.3, 0.4) is 0 Å². The fraction of sp³-hybridized carbons (Fsp3) is 0.0286. The fourth-order valence-electron chi connectivity index (χ4n) is 5.31. The summed E-state index contributed by atoms with van der Waals surface area (Å²) in [5.41, 5.74) is 2.24. The summed E-state index contributed by atoms with van der Waals surface area (Å²) >= 11 is 0.975. The van der Waals surface area contributed by atoms with Crippen LogP contribution >= 0.6 is 11.3 Å². The maximum absolute atomic E-state index is 11.8. The lowest BCUT2D eigenvalue weighted by molar-refractivity contribution is 0.481. The van der Waals surface area contributed by atoms with Crippen LogP contribution in [-0.4, -0.2) is 38.9 Å². The van der Waals surface area contributed by atoms with E-state index in [1.807, 2.05) is 6.07 Å². The van der Waals surface area contributed by atoms with Crippen LogP contribution in [0.15, 0.2) is 132 Å². The summed E-state index contributed by atoms with van der Waals surface area (Å²) in [7, 11) is -13.4. The van der Waals surface area contributed by atoms with Gasteiger partial charge in [0, 0.05) is 16.8 Å². The molecule has 56 heavy (non-hydrogen) atoms. The first-order chi connectivity index (χ1) is 26.4. The molecular weight excluding hydrogens is 805 g/mol. The van der Waals surface area contributed by atoms with Gasteiger partial charge in [0.25, 0.3) is 30.4 Å². The molecule has 0 saturated carbocycles. The highest BCUT2D eigenvalue weighted by Gasteiger charge is 2.19. The van der Waals surface area contributed by atoms with Crippen LogP contribution in [0.5, 0.6) is 0 Å². The van der Waals surface area contributed by atoms with Gasteiger partial charge in [0.15, 0.2) is 5.00 Å². The van der Waals surface area contributed by atoms with Crippen molar-refractivity contribution < 1.29 is 38.9 Å². The van der Waals surface area contributed by atoms with Gasteiger partial charge in [-0.05, 0) is 96.7 Å². The molecule has 282 valence electrons. The normalized spacial score (nSPS) is 12.2. The lowest BCUT2D eigenvalue weighted by Gasteiger charge is -2.17. The van der Waals surface area contributed by atoms with Crippen molar-refractivity contribution in [1.82, 2.24) is 0 Å². The average molecular weight is 829 g/mol. The maximum atomic E-state index is 11.8. The smallest absolute Gasteiger partial charge is 0.295 e. The molecule has 0 aliphatic carbocycles. The van der Waals surface area contributed by atoms with E-state index in [4.69, 9.17) is 0 Å². The third kappa shape index (κ3) is 8.75. The Morgan fingerprint density at radius 2 is 1.25 bits per heavy atom. The molecule has 0 unspecified atom stereocenters. The molecule has 17 nitrogen and oxygen atoms in total. The second kappa shape index (κ2) is 15.4. The Morgan fingerprint density at radius 3 is 1.80 bits per heavy atom. The third-order valence-corrected chi connectivity index (χ3v) is 11.5. The minimum atomic E-state index is -4.48. The average Bonchev–Trinajstić information content (AvgIpc) is 3.55. The number of anilines is 4. The maximum Gasteiger partial charge on any atom is 0.295 e. The molecule has 21 heteroatoms. The Balaban J connectivity index is 1.36. The van der Waals surface area contributed by atoms with Gasteiger partial charge in [-0.2, -0.15) is 35.8 Å². The quantitative estimate of drug-likeness (QED) is 0.0602. The summed E-state index contributed by atoms with van der Waals surface area (Å²) in [6.07, 6.45) is 0. The van der Waals surface area contributed by atoms with E-state index >= 15 is 0 Å². The number of azo groups is 2. The molecule has 1 heterocycles. The Bertz CT molecular complexity index is 3030. The van der Waals surface area contributed by atoms with Crippen molar-refractivity contribution in [1.29, 1.82) is 10.5 Å². The van der Waals surface area contributed by atoms with Gasteiger partial charge in [0.1, 0.15) is 27.7 Å². The minimum absolute atomic E-state index is 0.101. The van der Waals surface area contributed by atoms with Gasteiger partial charge in [0.2, 0.25) is 0 Å². The third-order valence-electron chi connectivity index (χ3n) is 7.94. The highest BCUT2D eigenvalue weighted by molar-refractivity contribution is 7.86. The van der Waals surface area contributed by atoms with Crippen LogP contribution in [-0.2, 0) is 30.4 Å². The van der Waals surface area contributed by atoms with Crippen LogP contribution in [0.25, 0.3) is 10.8 Å². The van der Waals surface area contributed by atoms with Crippen molar-refractivity contribution in [2.45, 2.75) is 21.6 Å². The molecule has 5 N–H and O–H groups in total. The topological polar surface area (TPSA) is 284 Å². The predicted octanol–water partition coefficient (Wildman–Crippen LogP) is 9.01. The summed E-state index contributed by atoms with van der Waals surface area (Å²) in [6.45, 7) is 1.59. The van der Waals surface area contributed by atoms with E-state index in [1.54, 1.807) is 19.1 Å². The Labute approximate surface area is 323 Å². The van der Waals surface area contributed by atoms with Crippen LogP contribution in [0.2, 0.25) is 0 Å². The van der Waals surface area contributed by atoms with Gasteiger partial charge in [-0.1, -0.05) is 29.5 Å². The van der Waals surface area contributed by atoms with Gasteiger partial charge < -0.3 is 10.6 Å². The molecule has 6 aromatic rings. The van der Waals surface area contributed by atoms with E-state index in [-0.39, 0.29) is 58.3 Å². The molecule has 0 bridgehead atoms. The van der Waals surface area contributed by atoms with Gasteiger partial charge >= 0.3 is 0 Å². The highest BCUT2D eigenvalue weighted by atomic mass is 32.2. The number of hydrogen-bond acceptors (Lipinski definition) is 15. The first kappa shape index (κ1) is 39.3. The lowest BCUT2D eigenvalue weighted by atomic mass is 10.0. The Morgan fingerprint density at radius 1 is 0.643 bits per heavy atom. The minimum Gasteiger partial charge on any atom is -0.354 e. The number of thiophene rings is 1. The molecule has 1 aromatic heterocycles. The van der Waals surface area contributed by atoms with Crippen LogP contribution in [0.1, 0.15) is 16.7 Å². The predicted molar refractivity (Wildman–Crippen MR) is 206 cm³/mol. The van der Waals surface area contributed by atoms with Crippen molar-refractivity contribution in [3.63, 3.8) is 0 Å². The summed E-state index contributed by atoms with van der Waals surface area (Å²) in [6, 6.07) is 26.2. The van der Waals surface area contributed by atoms with Crippen LogP contribution in [0.4, 0.5) is 44.1 Å². The summed E-state index contributed by atoms with van der Waals surface area (Å²) < 4.78 is 98.1. The molecule has 0 aliphatic heterocycles. The van der Waals surface area contributed by atoms with Crippen molar-refractivity contribution in [2.75, 3.05) is 10.6 Å². The van der Waals surface area contributed by atoms with Gasteiger partial charge in [-0.15, -0.1) is 20.5 Å². The van der Waals surface area contributed by atoms with E-state index in [9.17, 15) is 49.4 Å². The summed E-state index contributed by atoms with van der Waals surface area (Å²) in [5, 5.41) is 44.5. The van der Waals surface area contributed by atoms with Gasteiger partial charge in [-0.3, -0.25) is 13.7 Å². The lowest BCUT2D eigenvalue weighted by Crippen LogP contribution is -2.02. The SMILES string of the molecule is Cc1c(C#N)c(Nc2ccc(S(=O)(=O)O)cc2)cc(Nc2ccc(S(=O)(=O)O)cc2)c1N=Nc1sc(N=Nc2ccc3c(S(=O)(=O)O)cccc3c2)cc1C#N. The molecule has 0 amide bonds. The molecule has 6 rings (SSSR count). The molecule has 5 aromatic carbocycles. The second-order valence-electron chi connectivity index (χ2n) is 11.6. The largest absolute Gasteiger partial charge is 0.354 e. The van der Waals surface area contributed by atoms with E-state index in [0.717, 1.165) is 11.3 Å². The Hall–Kier alpha value is -6.43. The number of nitrogens with zero attached hydrogens (tertiary/aromatic N) is 6. The van der Waals surface area contributed by atoms with Crippen molar-refractivity contribution >= 4 is 96.6 Å². The first-order valence-corrected chi connectivity index (χ1v) is 20.7. The molecule has 0 saturated heterocycles. The molecule has 0 fully saturated rings.